The lowest BCUT2D eigenvalue weighted by molar-refractivity contribution is 0.527. The molecule has 0 aromatic heterocycles. The lowest BCUT2D eigenvalue weighted by Crippen LogP contribution is -2.31. The first-order chi connectivity index (χ1) is 6.63. The van der Waals surface area contributed by atoms with Gasteiger partial charge >= 0.3 is 0 Å². The fraction of sp³-hybridized carbons (Fsp3) is 0.636. The van der Waals surface area contributed by atoms with Crippen molar-refractivity contribution in [3.8, 4) is 6.07 Å². The molecule has 0 aromatic carbocycles. The highest BCUT2D eigenvalue weighted by Crippen LogP contribution is 2.33. The van der Waals surface area contributed by atoms with Gasteiger partial charge in [-0.25, -0.2) is 0 Å². The average molecular weight is 189 g/mol. The van der Waals surface area contributed by atoms with Crippen LogP contribution in [-0.4, -0.2) is 23.3 Å². The van der Waals surface area contributed by atoms with Gasteiger partial charge in [-0.1, -0.05) is 0 Å². The van der Waals surface area contributed by atoms with Gasteiger partial charge in [-0.05, 0) is 26.3 Å². The molecule has 0 amide bonds. The molecule has 14 heavy (non-hydrogen) atoms. The van der Waals surface area contributed by atoms with Gasteiger partial charge in [0.2, 0.25) is 0 Å². The van der Waals surface area contributed by atoms with Crippen molar-refractivity contribution in [2.75, 3.05) is 6.54 Å². The summed E-state index contributed by atoms with van der Waals surface area (Å²) in [6, 6.07) is 2.64. The minimum Gasteiger partial charge on any atom is -0.333 e. The molecule has 1 saturated heterocycles. The molecule has 2 aliphatic rings. The Morgan fingerprint density at radius 1 is 1.50 bits per heavy atom. The quantitative estimate of drug-likeness (QED) is 0.584. The third kappa shape index (κ3) is 1.22. The van der Waals surface area contributed by atoms with Crippen LogP contribution >= 0.6 is 0 Å². The number of allylic oxidation sites excluding steroid dienone is 1. The second kappa shape index (κ2) is 3.13. The van der Waals surface area contributed by atoms with Crippen LogP contribution in [0.2, 0.25) is 0 Å². The van der Waals surface area contributed by atoms with Crippen molar-refractivity contribution in [2.24, 2.45) is 10.9 Å². The molecule has 0 bridgehead atoms. The number of nitriles is 1. The molecule has 0 saturated carbocycles. The molecule has 3 nitrogen and oxygen atoms in total. The topological polar surface area (TPSA) is 39.4 Å². The van der Waals surface area contributed by atoms with Crippen LogP contribution in [0.5, 0.6) is 0 Å². The van der Waals surface area contributed by atoms with E-state index in [1.165, 1.54) is 11.3 Å². The van der Waals surface area contributed by atoms with Crippen LogP contribution in [0.3, 0.4) is 0 Å². The minimum atomic E-state index is 0.149. The van der Waals surface area contributed by atoms with Crippen molar-refractivity contribution in [1.29, 1.82) is 5.26 Å². The van der Waals surface area contributed by atoms with Crippen molar-refractivity contribution in [1.82, 2.24) is 4.90 Å². The van der Waals surface area contributed by atoms with E-state index in [1.54, 1.807) is 0 Å². The Balaban J connectivity index is 2.36. The second-order valence-electron chi connectivity index (χ2n) is 4.12. The zero-order valence-electron chi connectivity index (χ0n) is 8.91. The molecule has 2 heterocycles. The van der Waals surface area contributed by atoms with Crippen molar-refractivity contribution in [2.45, 2.75) is 33.2 Å². The van der Waals surface area contributed by atoms with Crippen LogP contribution in [-0.2, 0) is 0 Å². The maximum absolute atomic E-state index is 8.91. The summed E-state index contributed by atoms with van der Waals surface area (Å²) in [6.45, 7) is 7.10. The van der Waals surface area contributed by atoms with Crippen LogP contribution in [0.1, 0.15) is 27.2 Å². The number of hydrogen-bond acceptors (Lipinski definition) is 3. The Morgan fingerprint density at radius 2 is 2.21 bits per heavy atom. The Hall–Kier alpha value is -1.30. The molecule has 1 fully saturated rings. The highest BCUT2D eigenvalue weighted by molar-refractivity contribution is 5.83. The van der Waals surface area contributed by atoms with Gasteiger partial charge in [-0.2, -0.15) is 5.26 Å². The normalized spacial score (nSPS) is 31.3. The van der Waals surface area contributed by atoms with Crippen molar-refractivity contribution in [3.63, 3.8) is 0 Å². The summed E-state index contributed by atoms with van der Waals surface area (Å²) in [5.41, 5.74) is 2.66. The van der Waals surface area contributed by atoms with Crippen molar-refractivity contribution >= 4 is 5.84 Å². The number of fused-ring (bicyclic) bond motifs is 1. The van der Waals surface area contributed by atoms with Gasteiger partial charge in [0, 0.05) is 18.7 Å². The molecule has 0 unspecified atom stereocenters. The Morgan fingerprint density at radius 3 is 2.86 bits per heavy atom. The van der Waals surface area contributed by atoms with Gasteiger partial charge in [0.05, 0.1) is 18.0 Å². The number of aliphatic imine (C=N–C) groups is 1. The van der Waals surface area contributed by atoms with Crippen LogP contribution in [0.25, 0.3) is 0 Å². The average Bonchev–Trinajstić information content (AvgIpc) is 2.58. The molecule has 0 aliphatic carbocycles. The molecule has 2 atom stereocenters. The number of rotatable bonds is 0. The summed E-state index contributed by atoms with van der Waals surface area (Å²) in [5.74, 6) is 1.21. The molecule has 2 aliphatic heterocycles. The van der Waals surface area contributed by atoms with Crippen LogP contribution in [0, 0.1) is 17.2 Å². The first kappa shape index (κ1) is 9.26. The maximum atomic E-state index is 8.91. The summed E-state index contributed by atoms with van der Waals surface area (Å²) in [6.07, 6.45) is 0.902. The van der Waals surface area contributed by atoms with E-state index in [-0.39, 0.29) is 5.92 Å². The first-order valence-corrected chi connectivity index (χ1v) is 5.04. The van der Waals surface area contributed by atoms with Crippen LogP contribution in [0.15, 0.2) is 16.3 Å². The Labute approximate surface area is 84.7 Å². The highest BCUT2D eigenvalue weighted by atomic mass is 15.2. The molecule has 0 N–H and O–H groups in total. The summed E-state index contributed by atoms with van der Waals surface area (Å²) in [4.78, 5) is 6.75. The standard InChI is InChI=1S/C11H15N3/c1-7-8(2)13-9(3)14-6-10(5-12)4-11(7)14/h8,10H,4,6H2,1-3H3/t8-,10+/m0/s1. The molecular weight excluding hydrogens is 174 g/mol. The predicted octanol–water partition coefficient (Wildman–Crippen LogP) is 1.93. The van der Waals surface area contributed by atoms with Crippen molar-refractivity contribution in [3.05, 3.63) is 11.3 Å². The summed E-state index contributed by atoms with van der Waals surface area (Å²) < 4.78 is 0. The van der Waals surface area contributed by atoms with E-state index >= 15 is 0 Å². The van der Waals surface area contributed by atoms with Gasteiger partial charge < -0.3 is 4.90 Å². The predicted molar refractivity (Wildman–Crippen MR) is 55.7 cm³/mol. The van der Waals surface area contributed by atoms with E-state index in [4.69, 9.17) is 5.26 Å². The SMILES string of the molecule is CC1=N[C@@H](C)C(C)=C2C[C@H](C#N)CN12. The fourth-order valence-electron chi connectivity index (χ4n) is 2.21. The third-order valence-corrected chi connectivity index (χ3v) is 3.20. The molecular formula is C11H15N3. The molecule has 3 heteroatoms. The van der Waals surface area contributed by atoms with Crippen LogP contribution < -0.4 is 0 Å². The van der Waals surface area contributed by atoms with Gasteiger partial charge in [-0.3, -0.25) is 4.99 Å². The number of hydrogen-bond donors (Lipinski definition) is 0. The largest absolute Gasteiger partial charge is 0.333 e. The van der Waals surface area contributed by atoms with Crippen molar-refractivity contribution < 1.29 is 0 Å². The molecule has 2 rings (SSSR count). The fourth-order valence-corrected chi connectivity index (χ4v) is 2.21. The number of amidine groups is 1. The monoisotopic (exact) mass is 189 g/mol. The smallest absolute Gasteiger partial charge is 0.101 e. The molecule has 0 radical (unpaired) electrons. The lowest BCUT2D eigenvalue weighted by atomic mass is 10.0. The van der Waals surface area contributed by atoms with E-state index in [1.807, 2.05) is 6.92 Å². The van der Waals surface area contributed by atoms with E-state index < -0.39 is 0 Å². The summed E-state index contributed by atoms with van der Waals surface area (Å²) in [5, 5.41) is 8.91. The Kier molecular flexibility index (Phi) is 2.07. The Bertz CT molecular complexity index is 359. The number of nitrogens with zero attached hydrogens (tertiary/aromatic N) is 3. The van der Waals surface area contributed by atoms with E-state index in [0.717, 1.165) is 18.8 Å². The van der Waals surface area contributed by atoms with Gasteiger partial charge in [-0.15, -0.1) is 0 Å². The zero-order chi connectivity index (χ0) is 10.3. The third-order valence-electron chi connectivity index (χ3n) is 3.20. The minimum absolute atomic E-state index is 0.149. The van der Waals surface area contributed by atoms with Crippen LogP contribution in [0.4, 0.5) is 0 Å². The second-order valence-corrected chi connectivity index (χ2v) is 4.12. The highest BCUT2D eigenvalue weighted by Gasteiger charge is 2.32. The molecule has 0 aromatic rings. The van der Waals surface area contributed by atoms with Gasteiger partial charge in [0.1, 0.15) is 5.84 Å². The first-order valence-electron chi connectivity index (χ1n) is 5.04. The van der Waals surface area contributed by atoms with Gasteiger partial charge in [0.25, 0.3) is 0 Å². The zero-order valence-corrected chi connectivity index (χ0v) is 8.91. The van der Waals surface area contributed by atoms with E-state index in [9.17, 15) is 0 Å². The maximum Gasteiger partial charge on any atom is 0.101 e. The van der Waals surface area contributed by atoms with Gasteiger partial charge in [0.15, 0.2) is 0 Å². The molecule has 0 spiro atoms. The summed E-state index contributed by atoms with van der Waals surface area (Å²) >= 11 is 0. The summed E-state index contributed by atoms with van der Waals surface area (Å²) in [7, 11) is 0. The van der Waals surface area contributed by atoms with E-state index in [0.29, 0.717) is 6.04 Å². The lowest BCUT2D eigenvalue weighted by Gasteiger charge is -2.28. The molecule has 74 valence electrons. The van der Waals surface area contributed by atoms with E-state index in [2.05, 4.69) is 29.8 Å².